The molecule has 1 N–H and O–H groups in total. The van der Waals surface area contributed by atoms with Crippen LogP contribution in [0.25, 0.3) is 0 Å². The van der Waals surface area contributed by atoms with Crippen LogP contribution in [0.15, 0.2) is 27.6 Å². The first-order valence-corrected chi connectivity index (χ1v) is 10.3. The molecule has 0 aliphatic carbocycles. The van der Waals surface area contributed by atoms with E-state index in [1.54, 1.807) is 12.1 Å². The normalized spacial score (nSPS) is 17.5. The van der Waals surface area contributed by atoms with Crippen molar-refractivity contribution in [2.45, 2.75) is 37.6 Å². The minimum absolute atomic E-state index is 0.0467. The van der Waals surface area contributed by atoms with Crippen molar-refractivity contribution in [2.75, 3.05) is 26.3 Å². The second-order valence-corrected chi connectivity index (χ2v) is 8.59. The van der Waals surface area contributed by atoms with Crippen molar-refractivity contribution in [1.29, 1.82) is 0 Å². The molecule has 1 aliphatic rings. The van der Waals surface area contributed by atoms with E-state index in [0.29, 0.717) is 36.3 Å². The van der Waals surface area contributed by atoms with Gasteiger partial charge in [0.1, 0.15) is 0 Å². The average Bonchev–Trinajstić information content (AvgIpc) is 2.56. The lowest BCUT2D eigenvalue weighted by Crippen LogP contribution is -2.40. The lowest BCUT2D eigenvalue weighted by Gasteiger charge is -2.26. The van der Waals surface area contributed by atoms with Crippen molar-refractivity contribution in [3.05, 3.63) is 28.2 Å². The maximum atomic E-state index is 12.8. The minimum Gasteiger partial charge on any atom is -0.379 e. The van der Waals surface area contributed by atoms with E-state index >= 15 is 0 Å². The van der Waals surface area contributed by atoms with Gasteiger partial charge in [-0.05, 0) is 47.5 Å². The molecule has 0 radical (unpaired) electrons. The van der Waals surface area contributed by atoms with E-state index in [1.165, 1.54) is 10.4 Å². The monoisotopic (exact) mass is 418 g/mol. The highest BCUT2D eigenvalue weighted by molar-refractivity contribution is 9.10. The number of rotatable bonds is 6. The van der Waals surface area contributed by atoms with Gasteiger partial charge < -0.3 is 10.1 Å². The number of amides is 1. The molecular formula is C16H23BrN2O4S. The maximum Gasteiger partial charge on any atom is 0.251 e. The van der Waals surface area contributed by atoms with Crippen LogP contribution >= 0.6 is 15.9 Å². The zero-order valence-electron chi connectivity index (χ0n) is 13.9. The third-order valence-electron chi connectivity index (χ3n) is 3.88. The Morgan fingerprint density at radius 1 is 1.38 bits per heavy atom. The van der Waals surface area contributed by atoms with Gasteiger partial charge in [-0.2, -0.15) is 4.31 Å². The van der Waals surface area contributed by atoms with Gasteiger partial charge >= 0.3 is 0 Å². The van der Waals surface area contributed by atoms with E-state index in [2.05, 4.69) is 28.2 Å². The highest BCUT2D eigenvalue weighted by Crippen LogP contribution is 2.27. The molecule has 0 unspecified atom stereocenters. The first kappa shape index (κ1) is 19.4. The molecule has 1 aromatic carbocycles. The van der Waals surface area contributed by atoms with E-state index < -0.39 is 10.0 Å². The Morgan fingerprint density at radius 2 is 2.04 bits per heavy atom. The van der Waals surface area contributed by atoms with Crippen LogP contribution in [0.5, 0.6) is 0 Å². The largest absolute Gasteiger partial charge is 0.379 e. The zero-order chi connectivity index (χ0) is 17.7. The molecule has 0 bridgehead atoms. The number of ether oxygens (including phenoxy) is 1. The summed E-state index contributed by atoms with van der Waals surface area (Å²) in [4.78, 5) is 12.5. The van der Waals surface area contributed by atoms with E-state index in [0.717, 1.165) is 12.8 Å². The van der Waals surface area contributed by atoms with Gasteiger partial charge in [-0.3, -0.25) is 4.79 Å². The van der Waals surface area contributed by atoms with E-state index in [4.69, 9.17) is 4.74 Å². The standard InChI is InChI=1S/C16H23BrN2O4S/c1-3-4-12(2)18-16(20)13-5-6-14(17)15(11-13)24(21,22)19-7-9-23-10-8-19/h5-6,11-12H,3-4,7-10H2,1-2H3,(H,18,20)/t12-/m1/s1. The van der Waals surface area contributed by atoms with Gasteiger partial charge in [0, 0.05) is 29.2 Å². The lowest BCUT2D eigenvalue weighted by molar-refractivity contribution is 0.0730. The summed E-state index contributed by atoms with van der Waals surface area (Å²) >= 11 is 3.29. The van der Waals surface area contributed by atoms with Crippen molar-refractivity contribution in [3.63, 3.8) is 0 Å². The number of halogens is 1. The number of morpholine rings is 1. The summed E-state index contributed by atoms with van der Waals surface area (Å²) in [6.45, 7) is 5.38. The summed E-state index contributed by atoms with van der Waals surface area (Å²) in [6, 6.07) is 4.71. The maximum absolute atomic E-state index is 12.8. The Balaban J connectivity index is 2.26. The second kappa shape index (κ2) is 8.42. The predicted molar refractivity (Wildman–Crippen MR) is 95.6 cm³/mol. The van der Waals surface area contributed by atoms with Gasteiger partial charge in [0.25, 0.3) is 5.91 Å². The molecule has 1 heterocycles. The molecule has 24 heavy (non-hydrogen) atoms. The van der Waals surface area contributed by atoms with Gasteiger partial charge in [0.15, 0.2) is 0 Å². The third kappa shape index (κ3) is 4.56. The van der Waals surface area contributed by atoms with Crippen LogP contribution in [0.4, 0.5) is 0 Å². The number of sulfonamides is 1. The molecule has 0 aromatic heterocycles. The van der Waals surface area contributed by atoms with Crippen LogP contribution in [0, 0.1) is 0 Å². The number of nitrogens with zero attached hydrogens (tertiary/aromatic N) is 1. The van der Waals surface area contributed by atoms with E-state index in [9.17, 15) is 13.2 Å². The van der Waals surface area contributed by atoms with Crippen LogP contribution in [-0.4, -0.2) is 51.0 Å². The first-order valence-electron chi connectivity index (χ1n) is 8.04. The molecule has 0 spiro atoms. The predicted octanol–water partition coefficient (Wildman–Crippen LogP) is 2.39. The van der Waals surface area contributed by atoms with Gasteiger partial charge in [-0.25, -0.2) is 8.42 Å². The molecule has 1 saturated heterocycles. The van der Waals surface area contributed by atoms with Crippen molar-refractivity contribution >= 4 is 31.9 Å². The van der Waals surface area contributed by atoms with Crippen LogP contribution in [0.2, 0.25) is 0 Å². The Bertz CT molecular complexity index is 687. The van der Waals surface area contributed by atoms with Crippen LogP contribution in [0.1, 0.15) is 37.0 Å². The molecule has 6 nitrogen and oxygen atoms in total. The van der Waals surface area contributed by atoms with Gasteiger partial charge in [0.2, 0.25) is 10.0 Å². The van der Waals surface area contributed by atoms with Gasteiger partial charge in [-0.1, -0.05) is 13.3 Å². The summed E-state index contributed by atoms with van der Waals surface area (Å²) in [5.41, 5.74) is 0.341. The molecule has 134 valence electrons. The molecule has 8 heteroatoms. The Morgan fingerprint density at radius 3 is 2.67 bits per heavy atom. The number of nitrogens with one attached hydrogen (secondary N) is 1. The quantitative estimate of drug-likeness (QED) is 0.769. The first-order chi connectivity index (χ1) is 11.4. The van der Waals surface area contributed by atoms with Gasteiger partial charge in [-0.15, -0.1) is 0 Å². The lowest BCUT2D eigenvalue weighted by atomic mass is 10.1. The fourth-order valence-corrected chi connectivity index (χ4v) is 4.94. The zero-order valence-corrected chi connectivity index (χ0v) is 16.3. The van der Waals surface area contributed by atoms with E-state index in [-0.39, 0.29) is 16.8 Å². The third-order valence-corrected chi connectivity index (χ3v) is 6.77. The van der Waals surface area contributed by atoms with Gasteiger partial charge in [0.05, 0.1) is 18.1 Å². The molecule has 0 saturated carbocycles. The van der Waals surface area contributed by atoms with Crippen molar-refractivity contribution in [2.24, 2.45) is 0 Å². The number of benzene rings is 1. The topological polar surface area (TPSA) is 75.7 Å². The van der Waals surface area contributed by atoms with Crippen LogP contribution in [0.3, 0.4) is 0 Å². The summed E-state index contributed by atoms with van der Waals surface area (Å²) in [6.07, 6.45) is 1.85. The fraction of sp³-hybridized carbons (Fsp3) is 0.562. The van der Waals surface area contributed by atoms with Crippen molar-refractivity contribution in [3.8, 4) is 0 Å². The molecule has 1 atom stereocenters. The van der Waals surface area contributed by atoms with Crippen LogP contribution < -0.4 is 5.32 Å². The Hall–Kier alpha value is -0.960. The molecule has 1 aromatic rings. The number of hydrogen-bond donors (Lipinski definition) is 1. The van der Waals surface area contributed by atoms with Crippen LogP contribution in [-0.2, 0) is 14.8 Å². The molecule has 1 fully saturated rings. The molecule has 1 aliphatic heterocycles. The molecule has 2 rings (SSSR count). The second-order valence-electron chi connectivity index (χ2n) is 5.82. The minimum atomic E-state index is -3.66. The smallest absolute Gasteiger partial charge is 0.251 e. The molecular weight excluding hydrogens is 396 g/mol. The highest BCUT2D eigenvalue weighted by atomic mass is 79.9. The number of carbonyl (C=O) groups is 1. The summed E-state index contributed by atoms with van der Waals surface area (Å²) in [7, 11) is -3.66. The number of hydrogen-bond acceptors (Lipinski definition) is 4. The highest BCUT2D eigenvalue weighted by Gasteiger charge is 2.29. The summed E-state index contributed by atoms with van der Waals surface area (Å²) in [5.74, 6) is -0.262. The summed E-state index contributed by atoms with van der Waals surface area (Å²) in [5, 5.41) is 2.89. The number of carbonyl (C=O) groups excluding carboxylic acids is 1. The molecule has 1 amide bonds. The van der Waals surface area contributed by atoms with Crippen molar-refractivity contribution in [1.82, 2.24) is 9.62 Å². The van der Waals surface area contributed by atoms with Crippen molar-refractivity contribution < 1.29 is 17.9 Å². The summed E-state index contributed by atoms with van der Waals surface area (Å²) < 4.78 is 32.7. The average molecular weight is 419 g/mol. The fourth-order valence-electron chi connectivity index (χ4n) is 2.58. The SMILES string of the molecule is CCC[C@@H](C)NC(=O)c1ccc(Br)c(S(=O)(=O)N2CCOCC2)c1. The van der Waals surface area contributed by atoms with E-state index in [1.807, 2.05) is 6.92 Å². The Labute approximate surface area is 151 Å². The Kier molecular flexibility index (Phi) is 6.79.